The van der Waals surface area contributed by atoms with E-state index in [9.17, 15) is 22.4 Å². The Bertz CT molecular complexity index is 655. The molecule has 0 spiro atoms. The summed E-state index contributed by atoms with van der Waals surface area (Å²) in [6.07, 6.45) is -3.39. The van der Waals surface area contributed by atoms with Crippen LogP contribution >= 0.6 is 0 Å². The molecule has 1 heterocycles. The summed E-state index contributed by atoms with van der Waals surface area (Å²) >= 11 is 0. The smallest absolute Gasteiger partial charge is 0.348 e. The summed E-state index contributed by atoms with van der Waals surface area (Å²) in [5, 5.41) is 2.32. The Labute approximate surface area is 117 Å². The Morgan fingerprint density at radius 1 is 1.19 bits per heavy atom. The van der Waals surface area contributed by atoms with Crippen LogP contribution in [0, 0.1) is 5.95 Å². The number of alkyl halides is 3. The van der Waals surface area contributed by atoms with Gasteiger partial charge in [0.25, 0.3) is 5.91 Å². The Morgan fingerprint density at radius 2 is 1.90 bits per heavy atom. The number of hydrogen-bond acceptors (Lipinski definition) is 2. The fraction of sp³-hybridized carbons (Fsp3) is 0.143. The predicted molar refractivity (Wildman–Crippen MR) is 66.8 cm³/mol. The van der Waals surface area contributed by atoms with E-state index >= 15 is 0 Å². The lowest BCUT2D eigenvalue weighted by Crippen LogP contribution is -2.24. The lowest BCUT2D eigenvalue weighted by molar-refractivity contribution is -0.138. The topological polar surface area (TPSA) is 42.0 Å². The molecular weight excluding hydrogens is 288 g/mol. The van der Waals surface area contributed by atoms with E-state index in [-0.39, 0.29) is 17.7 Å². The molecule has 0 saturated heterocycles. The minimum absolute atomic E-state index is 0.00742. The van der Waals surface area contributed by atoms with Crippen molar-refractivity contribution in [2.24, 2.45) is 0 Å². The number of pyridine rings is 1. The van der Waals surface area contributed by atoms with Gasteiger partial charge in [0.1, 0.15) is 0 Å². The first-order valence-corrected chi connectivity index (χ1v) is 5.93. The zero-order valence-electron chi connectivity index (χ0n) is 10.6. The van der Waals surface area contributed by atoms with Crippen molar-refractivity contribution in [3.8, 4) is 0 Å². The molecule has 2 aromatic rings. The van der Waals surface area contributed by atoms with Crippen LogP contribution < -0.4 is 5.32 Å². The average molecular weight is 298 g/mol. The van der Waals surface area contributed by atoms with E-state index in [2.05, 4.69) is 10.3 Å². The van der Waals surface area contributed by atoms with Gasteiger partial charge in [-0.3, -0.25) is 4.79 Å². The van der Waals surface area contributed by atoms with Gasteiger partial charge in [0.2, 0.25) is 5.95 Å². The van der Waals surface area contributed by atoms with Crippen molar-refractivity contribution >= 4 is 5.91 Å². The fourth-order valence-corrected chi connectivity index (χ4v) is 1.77. The second-order valence-electron chi connectivity index (χ2n) is 4.20. The van der Waals surface area contributed by atoms with Gasteiger partial charge in [-0.1, -0.05) is 18.2 Å². The third kappa shape index (κ3) is 3.77. The van der Waals surface area contributed by atoms with Crippen molar-refractivity contribution in [1.82, 2.24) is 10.3 Å². The summed E-state index contributed by atoms with van der Waals surface area (Å²) in [6.45, 7) is -0.307. The number of hydrogen-bond donors (Lipinski definition) is 1. The van der Waals surface area contributed by atoms with Gasteiger partial charge in [0, 0.05) is 24.4 Å². The molecule has 0 aliphatic heterocycles. The second kappa shape index (κ2) is 5.90. The molecular formula is C14H10F4N2O. The number of nitrogens with one attached hydrogen (secondary N) is 1. The van der Waals surface area contributed by atoms with Gasteiger partial charge < -0.3 is 5.32 Å². The van der Waals surface area contributed by atoms with Gasteiger partial charge in [-0.05, 0) is 17.7 Å². The van der Waals surface area contributed by atoms with E-state index in [0.717, 1.165) is 18.3 Å². The van der Waals surface area contributed by atoms with Gasteiger partial charge in [0.05, 0.1) is 5.56 Å². The molecule has 1 aromatic carbocycles. The van der Waals surface area contributed by atoms with Crippen molar-refractivity contribution in [1.29, 1.82) is 0 Å². The second-order valence-corrected chi connectivity index (χ2v) is 4.20. The average Bonchev–Trinajstić information content (AvgIpc) is 2.44. The maximum atomic E-state index is 12.9. The Kier molecular flexibility index (Phi) is 4.21. The van der Waals surface area contributed by atoms with E-state index in [1.54, 1.807) is 0 Å². The van der Waals surface area contributed by atoms with Crippen LogP contribution in [0.4, 0.5) is 17.6 Å². The summed E-state index contributed by atoms with van der Waals surface area (Å²) in [7, 11) is 0. The number of amides is 1. The number of carbonyl (C=O) groups is 1. The molecule has 1 aromatic heterocycles. The highest BCUT2D eigenvalue weighted by Crippen LogP contribution is 2.31. The van der Waals surface area contributed by atoms with E-state index in [0.29, 0.717) is 0 Å². The largest absolute Gasteiger partial charge is 0.416 e. The van der Waals surface area contributed by atoms with Gasteiger partial charge in [-0.15, -0.1) is 0 Å². The van der Waals surface area contributed by atoms with Gasteiger partial charge in [-0.25, -0.2) is 4.98 Å². The molecule has 7 heteroatoms. The van der Waals surface area contributed by atoms with Crippen LogP contribution in [0.5, 0.6) is 0 Å². The SMILES string of the molecule is O=C(NCc1ccccc1C(F)(F)F)c1ccnc(F)c1. The normalized spacial score (nSPS) is 11.2. The maximum Gasteiger partial charge on any atom is 0.416 e. The molecule has 21 heavy (non-hydrogen) atoms. The maximum absolute atomic E-state index is 12.9. The van der Waals surface area contributed by atoms with Gasteiger partial charge in [0.15, 0.2) is 0 Å². The number of rotatable bonds is 3. The lowest BCUT2D eigenvalue weighted by atomic mass is 10.1. The van der Waals surface area contributed by atoms with Crippen molar-refractivity contribution in [3.05, 3.63) is 65.2 Å². The van der Waals surface area contributed by atoms with E-state index in [1.165, 1.54) is 24.3 Å². The number of halogens is 4. The molecule has 0 atom stereocenters. The minimum atomic E-state index is -4.50. The highest BCUT2D eigenvalue weighted by atomic mass is 19.4. The van der Waals surface area contributed by atoms with Crippen LogP contribution in [0.15, 0.2) is 42.6 Å². The first kappa shape index (κ1) is 15.0. The number of nitrogens with zero attached hydrogens (tertiary/aromatic N) is 1. The van der Waals surface area contributed by atoms with E-state index in [4.69, 9.17) is 0 Å². The van der Waals surface area contributed by atoms with Crippen LogP contribution in [0.3, 0.4) is 0 Å². The Hall–Kier alpha value is -2.44. The first-order chi connectivity index (χ1) is 9.88. The number of aromatic nitrogens is 1. The van der Waals surface area contributed by atoms with E-state index in [1.807, 2.05) is 0 Å². The molecule has 0 aliphatic carbocycles. The minimum Gasteiger partial charge on any atom is -0.348 e. The molecule has 0 saturated carbocycles. The van der Waals surface area contributed by atoms with Crippen molar-refractivity contribution in [2.45, 2.75) is 12.7 Å². The summed E-state index contributed by atoms with van der Waals surface area (Å²) in [6, 6.07) is 7.11. The predicted octanol–water partition coefficient (Wildman–Crippen LogP) is 3.17. The monoisotopic (exact) mass is 298 g/mol. The van der Waals surface area contributed by atoms with Crippen LogP contribution in [-0.2, 0) is 12.7 Å². The van der Waals surface area contributed by atoms with Crippen LogP contribution in [-0.4, -0.2) is 10.9 Å². The Morgan fingerprint density at radius 3 is 2.57 bits per heavy atom. The molecule has 1 amide bonds. The highest BCUT2D eigenvalue weighted by molar-refractivity contribution is 5.93. The summed E-state index contributed by atoms with van der Waals surface area (Å²) < 4.78 is 51.2. The third-order valence-corrected chi connectivity index (χ3v) is 2.75. The Balaban J connectivity index is 2.12. The molecule has 0 unspecified atom stereocenters. The van der Waals surface area contributed by atoms with Crippen molar-refractivity contribution in [2.75, 3.05) is 0 Å². The fourth-order valence-electron chi connectivity index (χ4n) is 1.77. The molecule has 0 radical (unpaired) electrons. The number of carbonyl (C=O) groups excluding carboxylic acids is 1. The van der Waals surface area contributed by atoms with Crippen LogP contribution in [0.2, 0.25) is 0 Å². The van der Waals surface area contributed by atoms with Crippen molar-refractivity contribution < 1.29 is 22.4 Å². The zero-order valence-corrected chi connectivity index (χ0v) is 10.6. The van der Waals surface area contributed by atoms with Gasteiger partial charge in [-0.2, -0.15) is 17.6 Å². The van der Waals surface area contributed by atoms with E-state index < -0.39 is 23.6 Å². The summed E-state index contributed by atoms with van der Waals surface area (Å²) in [5.41, 5.74) is -0.883. The number of benzene rings is 1. The van der Waals surface area contributed by atoms with Crippen LogP contribution in [0.25, 0.3) is 0 Å². The van der Waals surface area contributed by atoms with Crippen LogP contribution in [0.1, 0.15) is 21.5 Å². The zero-order chi connectivity index (χ0) is 15.5. The first-order valence-electron chi connectivity index (χ1n) is 5.93. The molecule has 110 valence electrons. The molecule has 0 bridgehead atoms. The summed E-state index contributed by atoms with van der Waals surface area (Å²) in [5.74, 6) is -1.51. The highest BCUT2D eigenvalue weighted by Gasteiger charge is 2.32. The standard InChI is InChI=1S/C14H10F4N2O/c15-12-7-9(5-6-19-12)13(21)20-8-10-3-1-2-4-11(10)14(16,17)18/h1-7H,8H2,(H,20,21). The molecule has 3 nitrogen and oxygen atoms in total. The molecule has 0 fully saturated rings. The molecule has 0 aliphatic rings. The lowest BCUT2D eigenvalue weighted by Gasteiger charge is -2.13. The third-order valence-electron chi connectivity index (χ3n) is 2.75. The van der Waals surface area contributed by atoms with Crippen molar-refractivity contribution in [3.63, 3.8) is 0 Å². The molecule has 2 rings (SSSR count). The molecule has 1 N–H and O–H groups in total. The van der Waals surface area contributed by atoms with Gasteiger partial charge >= 0.3 is 6.18 Å². The summed E-state index contributed by atoms with van der Waals surface area (Å²) in [4.78, 5) is 15.0. The quantitative estimate of drug-likeness (QED) is 0.698.